The predicted molar refractivity (Wildman–Crippen MR) is 105 cm³/mol. The van der Waals surface area contributed by atoms with E-state index in [9.17, 15) is 0 Å². The average Bonchev–Trinajstić information content (AvgIpc) is 2.82. The van der Waals surface area contributed by atoms with Crippen LogP contribution in [0.2, 0.25) is 0 Å². The minimum absolute atomic E-state index is 0.337. The van der Waals surface area contributed by atoms with Crippen molar-refractivity contribution in [1.82, 2.24) is 0 Å². The Morgan fingerprint density at radius 3 is 2.00 bits per heavy atom. The first-order valence-corrected chi connectivity index (χ1v) is 8.81. The van der Waals surface area contributed by atoms with Gasteiger partial charge in [0.15, 0.2) is 0 Å². The number of hydrogen-bond acceptors (Lipinski definition) is 2. The third-order valence-electron chi connectivity index (χ3n) is 5.49. The molecular formula is C22H23BO2. The number of rotatable bonds is 2. The fourth-order valence-electron chi connectivity index (χ4n) is 3.31. The van der Waals surface area contributed by atoms with Crippen molar-refractivity contribution >= 4 is 23.4 Å². The average molecular weight is 330 g/mol. The van der Waals surface area contributed by atoms with E-state index in [1.807, 2.05) is 6.07 Å². The molecule has 3 aromatic rings. The fourth-order valence-corrected chi connectivity index (χ4v) is 3.31. The van der Waals surface area contributed by atoms with Gasteiger partial charge >= 0.3 is 7.12 Å². The summed E-state index contributed by atoms with van der Waals surface area (Å²) in [4.78, 5) is 0. The molecule has 1 aliphatic heterocycles. The number of hydrogen-bond donors (Lipinski definition) is 0. The van der Waals surface area contributed by atoms with E-state index in [1.54, 1.807) is 0 Å². The third-order valence-corrected chi connectivity index (χ3v) is 5.49. The molecular weight excluding hydrogens is 307 g/mol. The molecule has 3 heteroatoms. The summed E-state index contributed by atoms with van der Waals surface area (Å²) in [5, 5.41) is 2.45. The van der Waals surface area contributed by atoms with Crippen LogP contribution in [0.15, 0.2) is 66.7 Å². The molecule has 0 unspecified atom stereocenters. The molecule has 0 aromatic heterocycles. The minimum atomic E-state index is -0.350. The van der Waals surface area contributed by atoms with Crippen LogP contribution in [0, 0.1) is 0 Å². The summed E-state index contributed by atoms with van der Waals surface area (Å²) in [5.74, 6) is 0. The lowest BCUT2D eigenvalue weighted by molar-refractivity contribution is 0.00578. The topological polar surface area (TPSA) is 18.5 Å². The van der Waals surface area contributed by atoms with Gasteiger partial charge in [0.2, 0.25) is 0 Å². The lowest BCUT2D eigenvalue weighted by atomic mass is 9.76. The lowest BCUT2D eigenvalue weighted by Gasteiger charge is -2.32. The molecule has 1 saturated heterocycles. The smallest absolute Gasteiger partial charge is 0.399 e. The summed E-state index contributed by atoms with van der Waals surface area (Å²) in [6, 6.07) is 23.4. The third kappa shape index (κ3) is 2.78. The van der Waals surface area contributed by atoms with Gasteiger partial charge in [-0.15, -0.1) is 0 Å². The Morgan fingerprint density at radius 1 is 0.720 bits per heavy atom. The molecule has 2 nitrogen and oxygen atoms in total. The first kappa shape index (κ1) is 16.4. The van der Waals surface area contributed by atoms with Crippen LogP contribution in [0.1, 0.15) is 27.7 Å². The van der Waals surface area contributed by atoms with Crippen molar-refractivity contribution in [2.75, 3.05) is 0 Å². The highest BCUT2D eigenvalue weighted by Gasteiger charge is 2.51. The van der Waals surface area contributed by atoms with E-state index < -0.39 is 0 Å². The Morgan fingerprint density at radius 2 is 1.32 bits per heavy atom. The van der Waals surface area contributed by atoms with Crippen molar-refractivity contribution in [2.45, 2.75) is 38.9 Å². The Balaban J connectivity index is 1.87. The van der Waals surface area contributed by atoms with Crippen LogP contribution in [0.3, 0.4) is 0 Å². The Kier molecular flexibility index (Phi) is 3.75. The second-order valence-electron chi connectivity index (χ2n) is 7.74. The van der Waals surface area contributed by atoms with Crippen LogP contribution in [-0.4, -0.2) is 18.3 Å². The molecule has 0 spiro atoms. The lowest BCUT2D eigenvalue weighted by Crippen LogP contribution is -2.41. The summed E-state index contributed by atoms with van der Waals surface area (Å²) in [7, 11) is -0.350. The zero-order chi connectivity index (χ0) is 17.7. The second kappa shape index (κ2) is 5.72. The van der Waals surface area contributed by atoms with Gasteiger partial charge in [-0.1, -0.05) is 66.7 Å². The monoisotopic (exact) mass is 330 g/mol. The highest BCUT2D eigenvalue weighted by molar-refractivity contribution is 6.62. The van der Waals surface area contributed by atoms with E-state index in [4.69, 9.17) is 9.31 Å². The van der Waals surface area contributed by atoms with Crippen LogP contribution >= 0.6 is 0 Å². The molecule has 0 amide bonds. The molecule has 0 radical (unpaired) electrons. The van der Waals surface area contributed by atoms with Crippen LogP contribution in [0.25, 0.3) is 21.9 Å². The standard InChI is InChI=1S/C22H23BO2/c1-21(2)22(3,4)25-23(24-21)18-14-17-12-8-9-13-19(17)20(15-18)16-10-6-5-7-11-16/h5-15H,1-4H3. The highest BCUT2D eigenvalue weighted by atomic mass is 16.7. The van der Waals surface area contributed by atoms with Gasteiger partial charge in [-0.3, -0.25) is 0 Å². The largest absolute Gasteiger partial charge is 0.494 e. The van der Waals surface area contributed by atoms with Crippen molar-refractivity contribution in [1.29, 1.82) is 0 Å². The van der Waals surface area contributed by atoms with Crippen LogP contribution < -0.4 is 5.46 Å². The van der Waals surface area contributed by atoms with Crippen molar-refractivity contribution in [3.63, 3.8) is 0 Å². The predicted octanol–water partition coefficient (Wildman–Crippen LogP) is 4.81. The Labute approximate surface area is 149 Å². The van der Waals surface area contributed by atoms with Gasteiger partial charge in [0, 0.05) is 0 Å². The Hall–Kier alpha value is -2.10. The van der Waals surface area contributed by atoms with Crippen LogP contribution in [-0.2, 0) is 9.31 Å². The van der Waals surface area contributed by atoms with Gasteiger partial charge in [-0.2, -0.15) is 0 Å². The zero-order valence-electron chi connectivity index (χ0n) is 15.2. The van der Waals surface area contributed by atoms with Crippen molar-refractivity contribution < 1.29 is 9.31 Å². The molecule has 25 heavy (non-hydrogen) atoms. The van der Waals surface area contributed by atoms with E-state index in [0.717, 1.165) is 5.46 Å². The van der Waals surface area contributed by atoms with Crippen molar-refractivity contribution in [3.8, 4) is 11.1 Å². The molecule has 4 rings (SSSR count). The van der Waals surface area contributed by atoms with Crippen molar-refractivity contribution in [3.05, 3.63) is 66.7 Å². The molecule has 126 valence electrons. The summed E-state index contributed by atoms with van der Waals surface area (Å²) in [5.41, 5.74) is 2.81. The molecule has 1 fully saturated rings. The SMILES string of the molecule is CC1(C)OB(c2cc(-c3ccccc3)c3ccccc3c2)OC1(C)C. The quantitative estimate of drug-likeness (QED) is 0.628. The van der Waals surface area contributed by atoms with E-state index >= 15 is 0 Å². The summed E-state index contributed by atoms with van der Waals surface area (Å²) in [6.07, 6.45) is 0. The van der Waals surface area contributed by atoms with Gasteiger partial charge in [-0.05, 0) is 55.1 Å². The number of fused-ring (bicyclic) bond motifs is 1. The normalized spacial score (nSPS) is 18.6. The zero-order valence-corrected chi connectivity index (χ0v) is 15.2. The molecule has 0 bridgehead atoms. The molecule has 0 N–H and O–H groups in total. The molecule has 0 atom stereocenters. The number of benzene rings is 3. The summed E-state index contributed by atoms with van der Waals surface area (Å²) >= 11 is 0. The van der Waals surface area contributed by atoms with Gasteiger partial charge in [0.25, 0.3) is 0 Å². The Bertz CT molecular complexity index is 900. The van der Waals surface area contributed by atoms with Gasteiger partial charge in [-0.25, -0.2) is 0 Å². The van der Waals surface area contributed by atoms with Crippen LogP contribution in [0.5, 0.6) is 0 Å². The molecule has 3 aromatic carbocycles. The first-order valence-electron chi connectivity index (χ1n) is 8.81. The fraction of sp³-hybridized carbons (Fsp3) is 0.273. The maximum Gasteiger partial charge on any atom is 0.494 e. The molecule has 1 aliphatic rings. The molecule has 0 aliphatic carbocycles. The maximum atomic E-state index is 6.27. The summed E-state index contributed by atoms with van der Waals surface area (Å²) < 4.78 is 12.5. The second-order valence-corrected chi connectivity index (χ2v) is 7.74. The molecule has 1 heterocycles. The van der Waals surface area contributed by atoms with Crippen LogP contribution in [0.4, 0.5) is 0 Å². The minimum Gasteiger partial charge on any atom is -0.399 e. The highest BCUT2D eigenvalue weighted by Crippen LogP contribution is 2.37. The van der Waals surface area contributed by atoms with Gasteiger partial charge in [0.1, 0.15) is 0 Å². The maximum absolute atomic E-state index is 6.27. The van der Waals surface area contributed by atoms with E-state index in [1.165, 1.54) is 21.9 Å². The molecule has 0 saturated carbocycles. The van der Waals surface area contributed by atoms with E-state index in [-0.39, 0.29) is 18.3 Å². The van der Waals surface area contributed by atoms with Gasteiger partial charge < -0.3 is 9.31 Å². The summed E-state index contributed by atoms with van der Waals surface area (Å²) in [6.45, 7) is 8.36. The van der Waals surface area contributed by atoms with Gasteiger partial charge in [0.05, 0.1) is 11.2 Å². The van der Waals surface area contributed by atoms with E-state index in [0.29, 0.717) is 0 Å². The first-order chi connectivity index (χ1) is 11.9. The van der Waals surface area contributed by atoms with E-state index in [2.05, 4.69) is 88.4 Å². The van der Waals surface area contributed by atoms with Crippen molar-refractivity contribution in [2.24, 2.45) is 0 Å².